The van der Waals surface area contributed by atoms with E-state index in [2.05, 4.69) is 10.1 Å². The molecule has 1 saturated heterocycles. The Bertz CT molecular complexity index is 1210. The molecule has 2 N–H and O–H groups in total. The van der Waals surface area contributed by atoms with Crippen molar-refractivity contribution in [3.63, 3.8) is 0 Å². The quantitative estimate of drug-likeness (QED) is 0.328. The van der Waals surface area contributed by atoms with Gasteiger partial charge in [-0.25, -0.2) is 13.8 Å². The van der Waals surface area contributed by atoms with Crippen molar-refractivity contribution in [1.82, 2.24) is 14.6 Å². The van der Waals surface area contributed by atoms with Gasteiger partial charge >= 0.3 is 19.4 Å². The van der Waals surface area contributed by atoms with Crippen molar-refractivity contribution in [3.8, 4) is 5.75 Å². The van der Waals surface area contributed by atoms with Gasteiger partial charge in [0.25, 0.3) is 5.56 Å². The summed E-state index contributed by atoms with van der Waals surface area (Å²) in [6.45, 7) is 4.81. The second-order valence-corrected chi connectivity index (χ2v) is 10.2. The number of aromatic nitrogens is 2. The van der Waals surface area contributed by atoms with Crippen molar-refractivity contribution >= 4 is 13.7 Å². The summed E-state index contributed by atoms with van der Waals surface area (Å²) < 4.78 is 55.2. The molecule has 1 aromatic carbocycles. The van der Waals surface area contributed by atoms with E-state index in [1.807, 2.05) is 13.8 Å². The third kappa shape index (κ3) is 7.34. The van der Waals surface area contributed by atoms with E-state index in [9.17, 15) is 23.3 Å². The standard InChI is InChI=1S/C22H29FN3O9P/c1-13(2)9-17(21(28)31-4)25-36(30,35-16-7-5-15(23)6-8-16)33-12-19-32-11-18(34-19)26-10-14(3)20(27)24-22(26)29/h5-8,10,13,17-19H,9,11-12H2,1-4H3,(H,25,30)(H,24,27,29)/t17?,18-,19-,36?/m1/s1. The molecule has 1 aliphatic heterocycles. The molecule has 2 unspecified atom stereocenters. The Morgan fingerprint density at radius 3 is 2.64 bits per heavy atom. The lowest BCUT2D eigenvalue weighted by Crippen LogP contribution is -2.38. The van der Waals surface area contributed by atoms with Gasteiger partial charge in [0.2, 0.25) is 0 Å². The molecule has 14 heteroatoms. The smallest absolute Gasteiger partial charge is 0.459 e. The molecule has 0 aliphatic carbocycles. The van der Waals surface area contributed by atoms with Crippen LogP contribution >= 0.6 is 7.75 Å². The van der Waals surface area contributed by atoms with Gasteiger partial charge in [-0.3, -0.25) is 23.7 Å². The lowest BCUT2D eigenvalue weighted by Gasteiger charge is -2.25. The van der Waals surface area contributed by atoms with Crippen molar-refractivity contribution in [2.75, 3.05) is 20.3 Å². The van der Waals surface area contributed by atoms with E-state index in [1.165, 1.54) is 36.9 Å². The lowest BCUT2D eigenvalue weighted by atomic mass is 10.1. The van der Waals surface area contributed by atoms with Crippen LogP contribution in [0.3, 0.4) is 0 Å². The molecule has 0 radical (unpaired) electrons. The molecule has 1 aromatic heterocycles. The Labute approximate surface area is 206 Å². The average Bonchev–Trinajstić information content (AvgIpc) is 3.29. The number of benzene rings is 1. The summed E-state index contributed by atoms with van der Waals surface area (Å²) in [6.07, 6.45) is -0.312. The molecular weight excluding hydrogens is 500 g/mol. The number of nitrogens with one attached hydrogen (secondary N) is 2. The van der Waals surface area contributed by atoms with Crippen LogP contribution in [0, 0.1) is 18.7 Å². The Hall–Kier alpha value is -2.83. The minimum absolute atomic E-state index is 0.0294. The third-order valence-corrected chi connectivity index (χ3v) is 6.68. The zero-order chi connectivity index (χ0) is 26.5. The van der Waals surface area contributed by atoms with Crippen molar-refractivity contribution in [1.29, 1.82) is 0 Å². The largest absolute Gasteiger partial charge is 0.468 e. The number of hydrogen-bond acceptors (Lipinski definition) is 9. The molecule has 36 heavy (non-hydrogen) atoms. The highest BCUT2D eigenvalue weighted by Crippen LogP contribution is 2.46. The van der Waals surface area contributed by atoms with Gasteiger partial charge in [-0.15, -0.1) is 0 Å². The van der Waals surface area contributed by atoms with Crippen LogP contribution in [0.25, 0.3) is 0 Å². The summed E-state index contributed by atoms with van der Waals surface area (Å²) in [5.74, 6) is -1.13. The zero-order valence-corrected chi connectivity index (χ0v) is 21.2. The molecule has 3 rings (SSSR count). The number of H-pyrrole nitrogens is 1. The minimum atomic E-state index is -4.25. The minimum Gasteiger partial charge on any atom is -0.468 e. The highest BCUT2D eigenvalue weighted by atomic mass is 31.2. The molecule has 0 amide bonds. The SMILES string of the molecule is COC(=O)C(CC(C)C)NP(=O)(OC[C@@H]1OC[C@H](n2cc(C)c(=O)[nH]c2=O)O1)Oc1ccc(F)cc1. The van der Waals surface area contributed by atoms with E-state index in [-0.39, 0.29) is 24.7 Å². The third-order valence-electron chi connectivity index (χ3n) is 5.12. The van der Waals surface area contributed by atoms with Gasteiger partial charge in [0, 0.05) is 11.8 Å². The van der Waals surface area contributed by atoms with E-state index < -0.39 is 55.9 Å². The first-order valence-electron chi connectivity index (χ1n) is 11.1. The average molecular weight is 529 g/mol. The van der Waals surface area contributed by atoms with Gasteiger partial charge in [0.15, 0.2) is 12.5 Å². The predicted molar refractivity (Wildman–Crippen MR) is 125 cm³/mol. The van der Waals surface area contributed by atoms with Crippen LogP contribution < -0.4 is 20.9 Å². The maximum atomic E-state index is 13.7. The summed E-state index contributed by atoms with van der Waals surface area (Å²) >= 11 is 0. The van der Waals surface area contributed by atoms with Crippen LogP contribution in [0.4, 0.5) is 4.39 Å². The van der Waals surface area contributed by atoms with E-state index in [0.717, 1.165) is 12.1 Å². The molecule has 1 aliphatic rings. The molecule has 12 nitrogen and oxygen atoms in total. The van der Waals surface area contributed by atoms with Gasteiger partial charge in [-0.1, -0.05) is 13.8 Å². The number of nitrogens with zero attached hydrogens (tertiary/aromatic N) is 1. The molecule has 1 fully saturated rings. The highest BCUT2D eigenvalue weighted by Gasteiger charge is 2.37. The highest BCUT2D eigenvalue weighted by molar-refractivity contribution is 7.52. The first-order chi connectivity index (χ1) is 17.0. The van der Waals surface area contributed by atoms with Gasteiger partial charge in [-0.2, -0.15) is 5.09 Å². The number of carbonyl (C=O) groups is 1. The number of esters is 1. The first kappa shape index (κ1) is 27.8. The van der Waals surface area contributed by atoms with Gasteiger partial charge in [0.05, 0.1) is 13.7 Å². The van der Waals surface area contributed by atoms with Crippen molar-refractivity contribution in [3.05, 3.63) is 62.7 Å². The molecule has 198 valence electrons. The number of aryl methyl sites for hydroxylation is 1. The van der Waals surface area contributed by atoms with Crippen LogP contribution in [0.1, 0.15) is 32.1 Å². The Balaban J connectivity index is 1.75. The molecule has 0 bridgehead atoms. The summed E-state index contributed by atoms with van der Waals surface area (Å²) in [4.78, 5) is 38.2. The molecule has 2 aromatic rings. The van der Waals surface area contributed by atoms with Crippen molar-refractivity contribution in [2.45, 2.75) is 45.8 Å². The fourth-order valence-electron chi connectivity index (χ4n) is 3.37. The maximum absolute atomic E-state index is 13.7. The summed E-state index contributed by atoms with van der Waals surface area (Å²) in [7, 11) is -3.05. The maximum Gasteiger partial charge on any atom is 0.459 e. The topological polar surface area (TPSA) is 147 Å². The number of ether oxygens (including phenoxy) is 3. The van der Waals surface area contributed by atoms with Crippen molar-refractivity contribution in [2.24, 2.45) is 5.92 Å². The normalized spacial score (nSPS) is 20.2. The van der Waals surface area contributed by atoms with E-state index >= 15 is 0 Å². The van der Waals surface area contributed by atoms with E-state index in [4.69, 9.17) is 23.3 Å². The summed E-state index contributed by atoms with van der Waals surface area (Å²) in [5.41, 5.74) is -0.887. The van der Waals surface area contributed by atoms with Crippen LogP contribution in [-0.4, -0.2) is 48.2 Å². The van der Waals surface area contributed by atoms with Crippen LogP contribution in [0.15, 0.2) is 40.1 Å². The van der Waals surface area contributed by atoms with Gasteiger partial charge < -0.3 is 18.7 Å². The fraction of sp³-hybridized carbons (Fsp3) is 0.500. The van der Waals surface area contributed by atoms with Crippen molar-refractivity contribution < 1.29 is 37.0 Å². The number of carbonyl (C=O) groups excluding carboxylic acids is 1. The number of aromatic amines is 1. The lowest BCUT2D eigenvalue weighted by molar-refractivity contribution is -0.143. The number of hydrogen-bond donors (Lipinski definition) is 2. The Kier molecular flexibility index (Phi) is 9.20. The summed E-state index contributed by atoms with van der Waals surface area (Å²) in [5, 5.41) is 2.60. The summed E-state index contributed by atoms with van der Waals surface area (Å²) in [6, 6.07) is 3.72. The Morgan fingerprint density at radius 1 is 1.31 bits per heavy atom. The predicted octanol–water partition coefficient (Wildman–Crippen LogP) is 2.24. The molecule has 0 saturated carbocycles. The Morgan fingerprint density at radius 2 is 2.00 bits per heavy atom. The zero-order valence-electron chi connectivity index (χ0n) is 20.3. The van der Waals surface area contributed by atoms with Gasteiger partial charge in [0.1, 0.15) is 24.2 Å². The van der Waals surface area contributed by atoms with Crippen LogP contribution in [-0.2, 0) is 28.1 Å². The fourth-order valence-corrected chi connectivity index (χ4v) is 4.86. The first-order valence-corrected chi connectivity index (χ1v) is 12.7. The molecular formula is C22H29FN3O9P. The monoisotopic (exact) mass is 529 g/mol. The number of methoxy groups -OCH3 is 1. The van der Waals surface area contributed by atoms with E-state index in [1.54, 1.807) is 0 Å². The van der Waals surface area contributed by atoms with Crippen LogP contribution in [0.2, 0.25) is 0 Å². The molecule has 4 atom stereocenters. The molecule has 0 spiro atoms. The second-order valence-electron chi connectivity index (χ2n) is 8.51. The molecule has 2 heterocycles. The number of halogens is 1. The number of rotatable bonds is 11. The van der Waals surface area contributed by atoms with Crippen LogP contribution in [0.5, 0.6) is 5.75 Å². The van der Waals surface area contributed by atoms with Gasteiger partial charge in [-0.05, 0) is 43.5 Å². The second kappa shape index (κ2) is 11.9. The van der Waals surface area contributed by atoms with E-state index in [0.29, 0.717) is 5.56 Å².